The van der Waals surface area contributed by atoms with E-state index in [1.54, 1.807) is 11.8 Å². The molecule has 1 fully saturated rings. The van der Waals surface area contributed by atoms with Crippen molar-refractivity contribution >= 4 is 17.5 Å². The van der Waals surface area contributed by atoms with E-state index in [1.165, 1.54) is 0 Å². The number of benzene rings is 1. The van der Waals surface area contributed by atoms with Gasteiger partial charge in [-0.05, 0) is 13.0 Å². The van der Waals surface area contributed by atoms with Gasteiger partial charge in [0.15, 0.2) is 5.78 Å². The molecular weight excluding hydrogens is 334 g/mol. The fraction of sp³-hybridized carbons (Fsp3) is 0.450. The van der Waals surface area contributed by atoms with Crippen molar-refractivity contribution in [3.05, 3.63) is 59.0 Å². The molecule has 5 heteroatoms. The summed E-state index contributed by atoms with van der Waals surface area (Å²) in [6.45, 7) is 5.31. The Bertz CT molecular complexity index is 652. The van der Waals surface area contributed by atoms with Crippen LogP contribution in [-0.4, -0.2) is 60.0 Å². The molecule has 4 nitrogen and oxygen atoms in total. The largest absolute Gasteiger partial charge is 0.396 e. The number of ether oxygens (including phenoxy) is 1. The van der Waals surface area contributed by atoms with Crippen molar-refractivity contribution in [3.63, 3.8) is 0 Å². The number of hydrogen-bond donors (Lipinski definition) is 1. The maximum Gasteiger partial charge on any atom is 0.171 e. The molecule has 0 saturated carbocycles. The van der Waals surface area contributed by atoms with Gasteiger partial charge in [0.05, 0.1) is 31.3 Å². The van der Waals surface area contributed by atoms with E-state index in [9.17, 15) is 4.79 Å². The second-order valence-corrected chi connectivity index (χ2v) is 7.68. The lowest BCUT2D eigenvalue weighted by molar-refractivity contribution is -0.0113. The maximum atomic E-state index is 13.2. The zero-order valence-corrected chi connectivity index (χ0v) is 15.4. The number of aliphatic hydroxyl groups is 1. The minimum absolute atomic E-state index is 0.147. The van der Waals surface area contributed by atoms with Gasteiger partial charge < -0.3 is 9.84 Å². The second-order valence-electron chi connectivity index (χ2n) is 6.51. The van der Waals surface area contributed by atoms with Crippen LogP contribution in [-0.2, 0) is 4.74 Å². The molecule has 3 rings (SSSR count). The van der Waals surface area contributed by atoms with Crippen LogP contribution in [0, 0.1) is 5.92 Å². The molecule has 0 bridgehead atoms. The Morgan fingerprint density at radius 1 is 1.32 bits per heavy atom. The van der Waals surface area contributed by atoms with Gasteiger partial charge in [-0.15, -0.1) is 11.8 Å². The first-order chi connectivity index (χ1) is 12.1. The minimum Gasteiger partial charge on any atom is -0.396 e. The van der Waals surface area contributed by atoms with Crippen molar-refractivity contribution in [2.24, 2.45) is 5.92 Å². The van der Waals surface area contributed by atoms with Gasteiger partial charge in [0.2, 0.25) is 0 Å². The zero-order valence-electron chi connectivity index (χ0n) is 14.6. The third kappa shape index (κ3) is 4.06. The minimum atomic E-state index is -0.386. The number of thioether (sulfide) groups is 1. The normalized spacial score (nSPS) is 27.1. The Balaban J connectivity index is 1.91. The van der Waals surface area contributed by atoms with E-state index >= 15 is 0 Å². The van der Waals surface area contributed by atoms with Crippen LogP contribution in [0.1, 0.15) is 17.3 Å². The Morgan fingerprint density at radius 2 is 2.04 bits per heavy atom. The first kappa shape index (κ1) is 18.4. The molecule has 0 amide bonds. The summed E-state index contributed by atoms with van der Waals surface area (Å²) in [5.74, 6) is 0.576. The van der Waals surface area contributed by atoms with Gasteiger partial charge >= 0.3 is 0 Å². The summed E-state index contributed by atoms with van der Waals surface area (Å²) < 4.78 is 5.50. The van der Waals surface area contributed by atoms with Crippen molar-refractivity contribution < 1.29 is 14.6 Å². The highest BCUT2D eigenvalue weighted by molar-refractivity contribution is 8.03. The van der Waals surface area contributed by atoms with Crippen LogP contribution in [0.3, 0.4) is 0 Å². The molecule has 0 radical (unpaired) electrons. The Labute approximate surface area is 153 Å². The smallest absolute Gasteiger partial charge is 0.171 e. The van der Waals surface area contributed by atoms with E-state index in [2.05, 4.69) is 17.9 Å². The van der Waals surface area contributed by atoms with E-state index < -0.39 is 0 Å². The monoisotopic (exact) mass is 359 g/mol. The van der Waals surface area contributed by atoms with Gasteiger partial charge in [-0.1, -0.05) is 42.5 Å². The molecular formula is C20H25NO3S. The SMILES string of the molecule is CC1(N2CCOCC2)C=C(SCCO)C=CC1C(=O)c1ccccc1. The van der Waals surface area contributed by atoms with Gasteiger partial charge in [-0.25, -0.2) is 0 Å². The van der Waals surface area contributed by atoms with Crippen LogP contribution in [0.25, 0.3) is 0 Å². The quantitative estimate of drug-likeness (QED) is 0.792. The summed E-state index contributed by atoms with van der Waals surface area (Å²) in [4.78, 5) is 16.7. The van der Waals surface area contributed by atoms with Gasteiger partial charge in [0.25, 0.3) is 0 Å². The fourth-order valence-corrected chi connectivity index (χ4v) is 4.36. The first-order valence-electron chi connectivity index (χ1n) is 8.72. The predicted molar refractivity (Wildman–Crippen MR) is 102 cm³/mol. The molecule has 2 atom stereocenters. The van der Waals surface area contributed by atoms with E-state index in [-0.39, 0.29) is 23.8 Å². The summed E-state index contributed by atoms with van der Waals surface area (Å²) >= 11 is 1.63. The molecule has 1 aliphatic carbocycles. The number of morpholine rings is 1. The van der Waals surface area contributed by atoms with Gasteiger partial charge in [0.1, 0.15) is 0 Å². The number of nitrogens with zero attached hydrogens (tertiary/aromatic N) is 1. The average molecular weight is 359 g/mol. The van der Waals surface area contributed by atoms with Crippen molar-refractivity contribution in [1.29, 1.82) is 0 Å². The number of Topliss-reactive ketones (excluding diaryl/α,β-unsaturated/α-hetero) is 1. The molecule has 1 aromatic carbocycles. The highest BCUT2D eigenvalue weighted by atomic mass is 32.2. The van der Waals surface area contributed by atoms with Crippen molar-refractivity contribution in [2.45, 2.75) is 12.5 Å². The Kier molecular flexibility index (Phi) is 6.12. The molecule has 1 saturated heterocycles. The van der Waals surface area contributed by atoms with E-state index in [4.69, 9.17) is 9.84 Å². The lowest BCUT2D eigenvalue weighted by Gasteiger charge is -2.46. The molecule has 1 heterocycles. The third-order valence-electron chi connectivity index (χ3n) is 4.91. The second kappa shape index (κ2) is 8.32. The van der Waals surface area contributed by atoms with Crippen LogP contribution < -0.4 is 0 Å². The van der Waals surface area contributed by atoms with Gasteiger partial charge in [0, 0.05) is 29.3 Å². The summed E-state index contributed by atoms with van der Waals surface area (Å²) in [5, 5.41) is 9.11. The molecule has 0 aromatic heterocycles. The molecule has 2 aliphatic rings. The number of ketones is 1. The van der Waals surface area contributed by atoms with E-state index in [1.807, 2.05) is 42.5 Å². The van der Waals surface area contributed by atoms with E-state index in [0.29, 0.717) is 19.0 Å². The van der Waals surface area contributed by atoms with Gasteiger partial charge in [-0.2, -0.15) is 0 Å². The number of aliphatic hydroxyl groups excluding tert-OH is 1. The molecule has 1 aromatic rings. The summed E-state index contributed by atoms with van der Waals surface area (Å²) in [6, 6.07) is 9.51. The molecule has 134 valence electrons. The number of hydrogen-bond acceptors (Lipinski definition) is 5. The van der Waals surface area contributed by atoms with Crippen molar-refractivity contribution in [3.8, 4) is 0 Å². The molecule has 1 N–H and O–H groups in total. The van der Waals surface area contributed by atoms with Gasteiger partial charge in [-0.3, -0.25) is 9.69 Å². The zero-order chi connectivity index (χ0) is 17.7. The lowest BCUT2D eigenvalue weighted by atomic mass is 9.76. The molecule has 1 aliphatic heterocycles. The molecule has 0 spiro atoms. The first-order valence-corrected chi connectivity index (χ1v) is 9.70. The number of allylic oxidation sites excluding steroid dienone is 1. The molecule has 2 unspecified atom stereocenters. The number of rotatable bonds is 6. The number of carbonyl (C=O) groups is 1. The topological polar surface area (TPSA) is 49.8 Å². The highest BCUT2D eigenvalue weighted by Crippen LogP contribution is 2.38. The van der Waals surface area contributed by atoms with Crippen LogP contribution in [0.15, 0.2) is 53.5 Å². The Hall–Kier alpha value is -1.40. The third-order valence-corrected chi connectivity index (χ3v) is 5.88. The average Bonchev–Trinajstić information content (AvgIpc) is 2.67. The predicted octanol–water partition coefficient (Wildman–Crippen LogP) is 2.76. The van der Waals surface area contributed by atoms with E-state index in [0.717, 1.165) is 23.6 Å². The van der Waals surface area contributed by atoms with Crippen LogP contribution >= 0.6 is 11.8 Å². The van der Waals surface area contributed by atoms with Crippen LogP contribution in [0.5, 0.6) is 0 Å². The van der Waals surface area contributed by atoms with Crippen molar-refractivity contribution in [2.75, 3.05) is 38.7 Å². The summed E-state index contributed by atoms with van der Waals surface area (Å²) in [7, 11) is 0. The highest BCUT2D eigenvalue weighted by Gasteiger charge is 2.43. The fourth-order valence-electron chi connectivity index (χ4n) is 3.53. The van der Waals surface area contributed by atoms with Crippen molar-refractivity contribution in [1.82, 2.24) is 4.90 Å². The lowest BCUT2D eigenvalue weighted by Crippen LogP contribution is -2.56. The standard InChI is InChI=1S/C20H25NO3S/c1-20(21-9-12-24-13-10-21)15-17(25-14-11-22)7-8-18(20)19(23)16-5-3-2-4-6-16/h2-8,15,18,22H,9-14H2,1H3. The van der Waals surface area contributed by atoms with Crippen LogP contribution in [0.4, 0.5) is 0 Å². The summed E-state index contributed by atoms with van der Waals surface area (Å²) in [6.07, 6.45) is 6.25. The maximum absolute atomic E-state index is 13.2. The summed E-state index contributed by atoms with van der Waals surface area (Å²) in [5.41, 5.74) is 0.361. The molecule has 25 heavy (non-hydrogen) atoms. The van der Waals surface area contributed by atoms with Crippen LogP contribution in [0.2, 0.25) is 0 Å². The Morgan fingerprint density at radius 3 is 2.72 bits per heavy atom. The number of carbonyl (C=O) groups excluding carboxylic acids is 1.